The molecule has 3 rings (SSSR count). The molecule has 0 spiro atoms. The van der Waals surface area contributed by atoms with Crippen molar-refractivity contribution in [1.82, 2.24) is 9.88 Å². The third kappa shape index (κ3) is 2.84. The zero-order chi connectivity index (χ0) is 13.8. The summed E-state index contributed by atoms with van der Waals surface area (Å²) in [5.41, 5.74) is 7.41. The van der Waals surface area contributed by atoms with Gasteiger partial charge in [0.05, 0.1) is 24.4 Å². The number of hydrogen-bond donors (Lipinski definition) is 1. The molecule has 1 aliphatic rings. The molecule has 1 fully saturated rings. The number of anilines is 1. The fourth-order valence-electron chi connectivity index (χ4n) is 2.40. The number of ether oxygens (including phenoxy) is 2. The van der Waals surface area contributed by atoms with Crippen LogP contribution in [0.25, 0.3) is 10.9 Å². The Morgan fingerprint density at radius 3 is 2.95 bits per heavy atom. The lowest BCUT2D eigenvalue weighted by atomic mass is 10.2. The molecule has 5 heteroatoms. The van der Waals surface area contributed by atoms with Crippen molar-refractivity contribution in [3.63, 3.8) is 0 Å². The number of fused-ring (bicyclic) bond motifs is 1. The van der Waals surface area contributed by atoms with Crippen LogP contribution in [0.2, 0.25) is 0 Å². The largest absolute Gasteiger partial charge is 0.492 e. The molecule has 0 bridgehead atoms. The first-order valence-electron chi connectivity index (χ1n) is 6.91. The number of rotatable bonds is 4. The number of morpholine rings is 1. The summed E-state index contributed by atoms with van der Waals surface area (Å²) in [6.07, 6.45) is 1.75. The molecule has 2 heterocycles. The lowest BCUT2D eigenvalue weighted by molar-refractivity contribution is 0.0323. The Morgan fingerprint density at radius 2 is 2.10 bits per heavy atom. The number of pyridine rings is 1. The molecule has 106 valence electrons. The number of aromatic nitrogens is 1. The fraction of sp³-hybridized carbons (Fsp3) is 0.400. The molecule has 0 unspecified atom stereocenters. The van der Waals surface area contributed by atoms with Crippen molar-refractivity contribution >= 4 is 16.6 Å². The molecule has 1 saturated heterocycles. The molecular formula is C15H19N3O2. The zero-order valence-corrected chi connectivity index (χ0v) is 11.4. The maximum absolute atomic E-state index is 5.93. The lowest BCUT2D eigenvalue weighted by Crippen LogP contribution is -2.38. The molecule has 5 nitrogen and oxygen atoms in total. The summed E-state index contributed by atoms with van der Waals surface area (Å²) in [4.78, 5) is 6.66. The smallest absolute Gasteiger partial charge is 0.128 e. The number of nitrogen functional groups attached to an aromatic ring is 1. The van der Waals surface area contributed by atoms with Gasteiger partial charge in [-0.3, -0.25) is 9.88 Å². The molecule has 2 N–H and O–H groups in total. The number of hydrogen-bond acceptors (Lipinski definition) is 5. The van der Waals surface area contributed by atoms with Gasteiger partial charge in [0.25, 0.3) is 0 Å². The average molecular weight is 273 g/mol. The van der Waals surface area contributed by atoms with Gasteiger partial charge in [-0.2, -0.15) is 0 Å². The maximum atomic E-state index is 5.93. The molecule has 0 saturated carbocycles. The van der Waals surface area contributed by atoms with E-state index in [1.54, 1.807) is 6.20 Å². The standard InChI is InChI=1S/C15H19N3O2/c16-13-3-4-14(12-2-1-5-17-15(12)13)20-11-8-18-6-9-19-10-7-18/h1-5H,6-11,16H2. The van der Waals surface area contributed by atoms with Gasteiger partial charge < -0.3 is 15.2 Å². The van der Waals surface area contributed by atoms with Crippen LogP contribution in [-0.2, 0) is 4.74 Å². The molecule has 2 aromatic rings. The fourth-order valence-corrected chi connectivity index (χ4v) is 2.40. The van der Waals surface area contributed by atoms with E-state index < -0.39 is 0 Å². The van der Waals surface area contributed by atoms with E-state index in [-0.39, 0.29) is 0 Å². The average Bonchev–Trinajstić information content (AvgIpc) is 2.51. The van der Waals surface area contributed by atoms with Crippen LogP contribution in [0.15, 0.2) is 30.5 Å². The number of nitrogens with two attached hydrogens (primary N) is 1. The summed E-state index contributed by atoms with van der Waals surface area (Å²) in [6.45, 7) is 5.16. The van der Waals surface area contributed by atoms with Crippen LogP contribution < -0.4 is 10.5 Å². The highest BCUT2D eigenvalue weighted by Gasteiger charge is 2.11. The lowest BCUT2D eigenvalue weighted by Gasteiger charge is -2.26. The minimum absolute atomic E-state index is 0.661. The summed E-state index contributed by atoms with van der Waals surface area (Å²) in [6, 6.07) is 7.65. The highest BCUT2D eigenvalue weighted by atomic mass is 16.5. The molecule has 0 amide bonds. The predicted octanol–water partition coefficient (Wildman–Crippen LogP) is 1.53. The Balaban J connectivity index is 1.67. The normalized spacial score (nSPS) is 16.4. The van der Waals surface area contributed by atoms with Crippen molar-refractivity contribution in [3.05, 3.63) is 30.5 Å². The number of benzene rings is 1. The first kappa shape index (κ1) is 13.1. The Bertz CT molecular complexity index is 582. The van der Waals surface area contributed by atoms with E-state index in [4.69, 9.17) is 15.2 Å². The van der Waals surface area contributed by atoms with Gasteiger partial charge in [0.2, 0.25) is 0 Å². The summed E-state index contributed by atoms with van der Waals surface area (Å²) in [7, 11) is 0. The van der Waals surface area contributed by atoms with Gasteiger partial charge in [-0.05, 0) is 24.3 Å². The van der Waals surface area contributed by atoms with E-state index in [1.165, 1.54) is 0 Å². The van der Waals surface area contributed by atoms with Crippen LogP contribution in [0, 0.1) is 0 Å². The Labute approximate surface area is 118 Å². The molecule has 0 radical (unpaired) electrons. The second kappa shape index (κ2) is 6.07. The van der Waals surface area contributed by atoms with Crippen molar-refractivity contribution in [3.8, 4) is 5.75 Å². The third-order valence-corrected chi connectivity index (χ3v) is 3.53. The van der Waals surface area contributed by atoms with Gasteiger partial charge in [-0.25, -0.2) is 0 Å². The first-order chi connectivity index (χ1) is 9.84. The van der Waals surface area contributed by atoms with E-state index in [9.17, 15) is 0 Å². The molecule has 0 aliphatic carbocycles. The summed E-state index contributed by atoms with van der Waals surface area (Å²) >= 11 is 0. The summed E-state index contributed by atoms with van der Waals surface area (Å²) < 4.78 is 11.2. The van der Waals surface area contributed by atoms with Crippen LogP contribution in [-0.4, -0.2) is 49.3 Å². The zero-order valence-electron chi connectivity index (χ0n) is 11.4. The van der Waals surface area contributed by atoms with Crippen LogP contribution in [0.4, 0.5) is 5.69 Å². The van der Waals surface area contributed by atoms with E-state index in [0.717, 1.165) is 49.5 Å². The molecule has 20 heavy (non-hydrogen) atoms. The van der Waals surface area contributed by atoms with Crippen molar-refractivity contribution in [2.75, 3.05) is 45.2 Å². The van der Waals surface area contributed by atoms with Crippen LogP contribution in [0.3, 0.4) is 0 Å². The van der Waals surface area contributed by atoms with Gasteiger partial charge >= 0.3 is 0 Å². The Morgan fingerprint density at radius 1 is 1.25 bits per heavy atom. The Hall–Kier alpha value is -1.85. The van der Waals surface area contributed by atoms with E-state index in [1.807, 2.05) is 24.3 Å². The topological polar surface area (TPSA) is 60.6 Å². The highest BCUT2D eigenvalue weighted by Crippen LogP contribution is 2.28. The van der Waals surface area contributed by atoms with Gasteiger partial charge in [-0.1, -0.05) is 0 Å². The summed E-state index contributed by atoms with van der Waals surface area (Å²) in [5.74, 6) is 0.843. The van der Waals surface area contributed by atoms with E-state index in [0.29, 0.717) is 12.3 Å². The quantitative estimate of drug-likeness (QED) is 0.856. The predicted molar refractivity (Wildman–Crippen MR) is 78.9 cm³/mol. The van der Waals surface area contributed by atoms with Crippen molar-refractivity contribution in [2.24, 2.45) is 0 Å². The molecule has 0 atom stereocenters. The minimum Gasteiger partial charge on any atom is -0.492 e. The van der Waals surface area contributed by atoms with Crippen LogP contribution in [0.1, 0.15) is 0 Å². The highest BCUT2D eigenvalue weighted by molar-refractivity contribution is 5.93. The van der Waals surface area contributed by atoms with Gasteiger partial charge in [0, 0.05) is 31.2 Å². The van der Waals surface area contributed by atoms with Gasteiger partial charge in [0.15, 0.2) is 0 Å². The molecule has 1 aliphatic heterocycles. The number of nitrogens with zero attached hydrogens (tertiary/aromatic N) is 2. The third-order valence-electron chi connectivity index (χ3n) is 3.53. The molecular weight excluding hydrogens is 254 g/mol. The van der Waals surface area contributed by atoms with E-state index in [2.05, 4.69) is 9.88 Å². The monoisotopic (exact) mass is 273 g/mol. The van der Waals surface area contributed by atoms with Gasteiger partial charge in [0.1, 0.15) is 12.4 Å². The molecule has 1 aromatic heterocycles. The summed E-state index contributed by atoms with van der Waals surface area (Å²) in [5, 5.41) is 0.967. The van der Waals surface area contributed by atoms with Gasteiger partial charge in [-0.15, -0.1) is 0 Å². The van der Waals surface area contributed by atoms with Crippen LogP contribution in [0.5, 0.6) is 5.75 Å². The van der Waals surface area contributed by atoms with Crippen molar-refractivity contribution in [2.45, 2.75) is 0 Å². The first-order valence-corrected chi connectivity index (χ1v) is 6.91. The maximum Gasteiger partial charge on any atom is 0.128 e. The second-order valence-electron chi connectivity index (χ2n) is 4.85. The van der Waals surface area contributed by atoms with Crippen LogP contribution >= 0.6 is 0 Å². The minimum atomic E-state index is 0.661. The molecule has 1 aromatic carbocycles. The Kier molecular flexibility index (Phi) is 3.99. The van der Waals surface area contributed by atoms with Crippen molar-refractivity contribution in [1.29, 1.82) is 0 Å². The van der Waals surface area contributed by atoms with Crippen molar-refractivity contribution < 1.29 is 9.47 Å². The van der Waals surface area contributed by atoms with E-state index >= 15 is 0 Å². The SMILES string of the molecule is Nc1ccc(OCCN2CCOCC2)c2cccnc12. The second-order valence-corrected chi connectivity index (χ2v) is 4.85.